The Balaban J connectivity index is 1.40. The summed E-state index contributed by atoms with van der Waals surface area (Å²) in [4.78, 5) is 15.6. The van der Waals surface area contributed by atoms with Gasteiger partial charge in [-0.2, -0.15) is 0 Å². The van der Waals surface area contributed by atoms with E-state index in [4.69, 9.17) is 0 Å². The summed E-state index contributed by atoms with van der Waals surface area (Å²) in [6.07, 6.45) is 6.52. The Bertz CT molecular complexity index is 752. The summed E-state index contributed by atoms with van der Waals surface area (Å²) in [6, 6.07) is 20.9. The number of piperazine rings is 1. The first-order valence-electron chi connectivity index (χ1n) is 11.0. The second-order valence-electron chi connectivity index (χ2n) is 8.01. The molecule has 1 heterocycles. The third kappa shape index (κ3) is 7.15. The normalized spacial score (nSPS) is 20.4. The Kier molecular flexibility index (Phi) is 8.47. The fourth-order valence-corrected chi connectivity index (χ4v) is 4.03. The lowest BCUT2D eigenvalue weighted by molar-refractivity contribution is -1.01. The van der Waals surface area contributed by atoms with Crippen LogP contribution in [0.3, 0.4) is 0 Å². The van der Waals surface area contributed by atoms with Crippen LogP contribution in [-0.4, -0.2) is 45.2 Å². The maximum atomic E-state index is 12.6. The summed E-state index contributed by atoms with van der Waals surface area (Å²) >= 11 is 0. The molecule has 1 amide bonds. The second-order valence-corrected chi connectivity index (χ2v) is 8.01. The Hall–Kier alpha value is -2.43. The van der Waals surface area contributed by atoms with E-state index in [1.165, 1.54) is 16.0 Å². The molecule has 154 valence electrons. The quantitative estimate of drug-likeness (QED) is 0.587. The molecule has 0 radical (unpaired) electrons. The Morgan fingerprint density at radius 1 is 0.966 bits per heavy atom. The molecule has 1 fully saturated rings. The molecule has 1 atom stereocenters. The van der Waals surface area contributed by atoms with Gasteiger partial charge >= 0.3 is 0 Å². The minimum absolute atomic E-state index is 0.128. The van der Waals surface area contributed by atoms with E-state index in [2.05, 4.69) is 60.8 Å². The first-order chi connectivity index (χ1) is 14.2. The number of hydrogen-bond acceptors (Lipinski definition) is 1. The molecule has 0 aromatic heterocycles. The number of carbonyl (C=O) groups excluding carboxylic acids is 1. The van der Waals surface area contributed by atoms with E-state index in [-0.39, 0.29) is 11.9 Å². The van der Waals surface area contributed by atoms with Crippen LogP contribution in [-0.2, 0) is 4.79 Å². The molecule has 3 N–H and O–H groups in total. The number of nitrogens with one attached hydrogen (secondary N) is 3. The molecule has 0 saturated carbocycles. The summed E-state index contributed by atoms with van der Waals surface area (Å²) < 4.78 is 0. The Morgan fingerprint density at radius 3 is 2.24 bits per heavy atom. The zero-order valence-electron chi connectivity index (χ0n) is 17.6. The van der Waals surface area contributed by atoms with E-state index in [0.717, 1.165) is 45.6 Å². The van der Waals surface area contributed by atoms with Crippen molar-refractivity contribution in [3.8, 4) is 0 Å². The SMILES string of the molecule is CCC[C@H](NC(=O)C[NH+]1CC[NH+](C/C=C/c2ccccc2)CC1)c1ccccc1. The molecule has 1 saturated heterocycles. The van der Waals surface area contributed by atoms with Gasteiger partial charge in [0, 0.05) is 0 Å². The van der Waals surface area contributed by atoms with Crippen molar-refractivity contribution < 1.29 is 14.6 Å². The number of carbonyl (C=O) groups is 1. The molecule has 0 unspecified atom stereocenters. The van der Waals surface area contributed by atoms with Gasteiger partial charge < -0.3 is 15.1 Å². The standard InChI is InChI=1S/C25H33N3O/c1-2-10-24(23-14-7-4-8-15-23)26-25(29)21-28-19-17-27(18-20-28)16-9-13-22-11-5-3-6-12-22/h3-9,11-15,24H,2,10,16-21H2,1H3,(H,26,29)/p+2/b13-9+/t24-/m0/s1. The highest BCUT2D eigenvalue weighted by atomic mass is 16.2. The predicted molar refractivity (Wildman–Crippen MR) is 119 cm³/mol. The van der Waals surface area contributed by atoms with Gasteiger partial charge in [0.25, 0.3) is 5.91 Å². The van der Waals surface area contributed by atoms with Crippen LogP contribution in [0.25, 0.3) is 6.08 Å². The minimum atomic E-state index is 0.128. The highest BCUT2D eigenvalue weighted by Crippen LogP contribution is 2.17. The number of quaternary nitrogens is 2. The lowest BCUT2D eigenvalue weighted by Crippen LogP contribution is -3.28. The van der Waals surface area contributed by atoms with Crippen molar-refractivity contribution in [2.75, 3.05) is 39.3 Å². The zero-order chi connectivity index (χ0) is 20.3. The van der Waals surface area contributed by atoms with Gasteiger partial charge in [-0.1, -0.05) is 80.1 Å². The number of hydrogen-bond donors (Lipinski definition) is 3. The summed E-state index contributed by atoms with van der Waals surface area (Å²) in [5.74, 6) is 0.176. The maximum Gasteiger partial charge on any atom is 0.275 e. The fraction of sp³-hybridized carbons (Fsp3) is 0.400. The van der Waals surface area contributed by atoms with E-state index < -0.39 is 0 Å². The van der Waals surface area contributed by atoms with Gasteiger partial charge in [0.2, 0.25) is 0 Å². The number of rotatable bonds is 9. The minimum Gasteiger partial charge on any atom is -0.344 e. The molecule has 2 aromatic carbocycles. The molecule has 0 bridgehead atoms. The summed E-state index contributed by atoms with van der Waals surface area (Å²) in [6.45, 7) is 8.18. The molecule has 29 heavy (non-hydrogen) atoms. The van der Waals surface area contributed by atoms with Crippen molar-refractivity contribution in [2.45, 2.75) is 25.8 Å². The lowest BCUT2D eigenvalue weighted by Gasteiger charge is -2.29. The van der Waals surface area contributed by atoms with Gasteiger partial charge in [0.1, 0.15) is 26.2 Å². The van der Waals surface area contributed by atoms with Crippen molar-refractivity contribution in [3.63, 3.8) is 0 Å². The number of amides is 1. The summed E-state index contributed by atoms with van der Waals surface area (Å²) in [7, 11) is 0. The predicted octanol–water partition coefficient (Wildman–Crippen LogP) is 1.14. The molecule has 2 aromatic rings. The first-order valence-corrected chi connectivity index (χ1v) is 11.0. The largest absolute Gasteiger partial charge is 0.344 e. The third-order valence-corrected chi connectivity index (χ3v) is 5.71. The molecular formula is C25H35N3O+2. The molecule has 4 nitrogen and oxygen atoms in total. The van der Waals surface area contributed by atoms with E-state index in [1.807, 2.05) is 24.3 Å². The third-order valence-electron chi connectivity index (χ3n) is 5.71. The van der Waals surface area contributed by atoms with Crippen LogP contribution in [0.15, 0.2) is 66.7 Å². The second kappa shape index (κ2) is 11.5. The van der Waals surface area contributed by atoms with Crippen molar-refractivity contribution in [1.82, 2.24) is 5.32 Å². The smallest absolute Gasteiger partial charge is 0.275 e. The van der Waals surface area contributed by atoms with Gasteiger partial charge in [0.05, 0.1) is 12.6 Å². The van der Waals surface area contributed by atoms with Crippen molar-refractivity contribution in [1.29, 1.82) is 0 Å². The van der Waals surface area contributed by atoms with Crippen LogP contribution in [0.4, 0.5) is 0 Å². The van der Waals surface area contributed by atoms with Crippen molar-refractivity contribution in [2.24, 2.45) is 0 Å². The van der Waals surface area contributed by atoms with E-state index in [9.17, 15) is 4.79 Å². The molecule has 1 aliphatic heterocycles. The van der Waals surface area contributed by atoms with Crippen LogP contribution >= 0.6 is 0 Å². The van der Waals surface area contributed by atoms with Crippen molar-refractivity contribution >= 4 is 12.0 Å². The van der Waals surface area contributed by atoms with Crippen LogP contribution in [0, 0.1) is 0 Å². The van der Waals surface area contributed by atoms with E-state index in [0.29, 0.717) is 6.54 Å². The topological polar surface area (TPSA) is 38.0 Å². The monoisotopic (exact) mass is 393 g/mol. The zero-order valence-corrected chi connectivity index (χ0v) is 17.6. The molecule has 4 heteroatoms. The Morgan fingerprint density at radius 2 is 1.59 bits per heavy atom. The maximum absolute atomic E-state index is 12.6. The highest BCUT2D eigenvalue weighted by Gasteiger charge is 2.25. The fourth-order valence-electron chi connectivity index (χ4n) is 4.03. The Labute approximate surface area is 175 Å². The lowest BCUT2D eigenvalue weighted by atomic mass is 10.0. The van der Waals surface area contributed by atoms with Gasteiger partial charge in [0.15, 0.2) is 6.54 Å². The first kappa shape index (κ1) is 21.3. The molecule has 1 aliphatic rings. The highest BCUT2D eigenvalue weighted by molar-refractivity contribution is 5.77. The van der Waals surface area contributed by atoms with Crippen LogP contribution in [0.2, 0.25) is 0 Å². The van der Waals surface area contributed by atoms with Crippen molar-refractivity contribution in [3.05, 3.63) is 77.9 Å². The average Bonchev–Trinajstić information content (AvgIpc) is 2.76. The van der Waals surface area contributed by atoms with Gasteiger partial charge in [-0.3, -0.25) is 4.79 Å². The van der Waals surface area contributed by atoms with Gasteiger partial charge in [-0.15, -0.1) is 0 Å². The van der Waals surface area contributed by atoms with Crippen LogP contribution in [0.1, 0.15) is 36.9 Å². The molecule has 3 rings (SSSR count). The van der Waals surface area contributed by atoms with Crippen LogP contribution in [0.5, 0.6) is 0 Å². The van der Waals surface area contributed by atoms with Crippen LogP contribution < -0.4 is 15.1 Å². The molecule has 0 spiro atoms. The molecule has 0 aliphatic carbocycles. The van der Waals surface area contributed by atoms with E-state index >= 15 is 0 Å². The van der Waals surface area contributed by atoms with E-state index in [1.54, 1.807) is 4.90 Å². The summed E-state index contributed by atoms with van der Waals surface area (Å²) in [5.41, 5.74) is 2.46. The summed E-state index contributed by atoms with van der Waals surface area (Å²) in [5, 5.41) is 3.27. The number of benzene rings is 2. The average molecular weight is 394 g/mol. The van der Waals surface area contributed by atoms with Gasteiger partial charge in [-0.25, -0.2) is 0 Å². The van der Waals surface area contributed by atoms with Gasteiger partial charge in [-0.05, 0) is 23.6 Å². The molecular weight excluding hydrogens is 358 g/mol.